The monoisotopic (exact) mass is 276 g/mol. The lowest BCUT2D eigenvalue weighted by Crippen LogP contribution is -2.10. The molecule has 0 heterocycles. The number of benzene rings is 1. The first-order valence-electron chi connectivity index (χ1n) is 4.55. The van der Waals surface area contributed by atoms with Crippen molar-refractivity contribution in [3.63, 3.8) is 0 Å². The summed E-state index contributed by atoms with van der Waals surface area (Å²) in [6.45, 7) is 1.11. The van der Waals surface area contributed by atoms with E-state index < -0.39 is 17.7 Å². The first-order valence-corrected chi connectivity index (χ1v) is 5.37. The van der Waals surface area contributed by atoms with E-state index in [-0.39, 0.29) is 10.6 Å². The second-order valence-electron chi connectivity index (χ2n) is 3.10. The average Bonchev–Trinajstić information content (AvgIpc) is 2.26. The van der Waals surface area contributed by atoms with Gasteiger partial charge >= 0.3 is 12.1 Å². The SMILES string of the molecule is CC(=O)ONc1ccc(SC#N)c(C(F)(F)F)c1. The summed E-state index contributed by atoms with van der Waals surface area (Å²) >= 11 is 0.412. The largest absolute Gasteiger partial charge is 0.417 e. The van der Waals surface area contributed by atoms with Gasteiger partial charge in [-0.05, 0) is 30.0 Å². The van der Waals surface area contributed by atoms with E-state index in [1.807, 2.05) is 0 Å². The van der Waals surface area contributed by atoms with E-state index in [4.69, 9.17) is 5.26 Å². The molecule has 0 saturated carbocycles. The van der Waals surface area contributed by atoms with Crippen LogP contribution in [-0.4, -0.2) is 5.97 Å². The van der Waals surface area contributed by atoms with E-state index in [0.29, 0.717) is 11.8 Å². The molecule has 18 heavy (non-hydrogen) atoms. The quantitative estimate of drug-likeness (QED) is 0.522. The number of nitriles is 1. The molecule has 0 saturated heterocycles. The van der Waals surface area contributed by atoms with Gasteiger partial charge in [0, 0.05) is 11.8 Å². The number of anilines is 1. The number of thioether (sulfide) groups is 1. The van der Waals surface area contributed by atoms with E-state index in [2.05, 4.69) is 10.3 Å². The summed E-state index contributed by atoms with van der Waals surface area (Å²) in [5, 5.41) is 9.99. The summed E-state index contributed by atoms with van der Waals surface area (Å²) in [5.74, 6) is -0.681. The van der Waals surface area contributed by atoms with Crippen LogP contribution in [-0.2, 0) is 15.8 Å². The normalized spacial score (nSPS) is 10.6. The van der Waals surface area contributed by atoms with E-state index >= 15 is 0 Å². The number of nitrogens with zero attached hydrogens (tertiary/aromatic N) is 1. The van der Waals surface area contributed by atoms with Crippen LogP contribution in [0.1, 0.15) is 12.5 Å². The second kappa shape index (κ2) is 5.64. The Labute approximate surface area is 105 Å². The Kier molecular flexibility index (Phi) is 4.44. The molecule has 0 aliphatic carbocycles. The van der Waals surface area contributed by atoms with Crippen molar-refractivity contribution in [2.45, 2.75) is 18.0 Å². The number of rotatable bonds is 3. The van der Waals surface area contributed by atoms with Crippen LogP contribution in [0, 0.1) is 10.7 Å². The van der Waals surface area contributed by atoms with Crippen LogP contribution >= 0.6 is 11.8 Å². The van der Waals surface area contributed by atoms with Crippen molar-refractivity contribution < 1.29 is 22.8 Å². The zero-order valence-corrected chi connectivity index (χ0v) is 9.85. The van der Waals surface area contributed by atoms with Crippen LogP contribution in [0.15, 0.2) is 23.1 Å². The first kappa shape index (κ1) is 14.2. The smallest absolute Gasteiger partial charge is 0.344 e. The van der Waals surface area contributed by atoms with Gasteiger partial charge < -0.3 is 4.84 Å². The number of alkyl halides is 3. The van der Waals surface area contributed by atoms with Crippen LogP contribution in [0.4, 0.5) is 18.9 Å². The highest BCUT2D eigenvalue weighted by molar-refractivity contribution is 8.03. The second-order valence-corrected chi connectivity index (χ2v) is 3.92. The molecule has 0 fully saturated rings. The maximum atomic E-state index is 12.7. The third-order valence-electron chi connectivity index (χ3n) is 1.75. The summed E-state index contributed by atoms with van der Waals surface area (Å²) in [6.07, 6.45) is -4.59. The van der Waals surface area contributed by atoms with Gasteiger partial charge in [0.1, 0.15) is 5.40 Å². The number of hydrogen-bond acceptors (Lipinski definition) is 5. The molecule has 0 aliphatic rings. The highest BCUT2D eigenvalue weighted by Crippen LogP contribution is 2.37. The minimum absolute atomic E-state index is 0.0279. The molecule has 0 unspecified atom stereocenters. The molecule has 1 aromatic carbocycles. The van der Waals surface area contributed by atoms with Gasteiger partial charge in [-0.1, -0.05) is 0 Å². The molecule has 0 atom stereocenters. The van der Waals surface area contributed by atoms with Crippen LogP contribution < -0.4 is 5.48 Å². The predicted molar refractivity (Wildman–Crippen MR) is 58.3 cm³/mol. The third kappa shape index (κ3) is 3.85. The van der Waals surface area contributed by atoms with Crippen LogP contribution in [0.5, 0.6) is 0 Å². The van der Waals surface area contributed by atoms with Crippen molar-refractivity contribution in [1.82, 2.24) is 0 Å². The molecular weight excluding hydrogens is 269 g/mol. The number of carbonyl (C=O) groups is 1. The van der Waals surface area contributed by atoms with Crippen LogP contribution in [0.2, 0.25) is 0 Å². The fourth-order valence-corrected chi connectivity index (χ4v) is 1.60. The molecule has 0 spiro atoms. The predicted octanol–water partition coefficient (Wildman–Crippen LogP) is 3.17. The van der Waals surface area contributed by atoms with Gasteiger partial charge in [0.15, 0.2) is 0 Å². The van der Waals surface area contributed by atoms with Gasteiger partial charge in [-0.2, -0.15) is 18.4 Å². The maximum absolute atomic E-state index is 12.7. The summed E-state index contributed by atoms with van der Waals surface area (Å²) in [4.78, 5) is 14.7. The molecule has 96 valence electrons. The zero-order chi connectivity index (χ0) is 13.8. The Balaban J connectivity index is 3.06. The van der Waals surface area contributed by atoms with Crippen molar-refractivity contribution in [3.8, 4) is 5.40 Å². The molecule has 0 aromatic heterocycles. The van der Waals surface area contributed by atoms with Crippen molar-refractivity contribution >= 4 is 23.4 Å². The molecule has 0 aliphatic heterocycles. The van der Waals surface area contributed by atoms with Gasteiger partial charge in [-0.25, -0.2) is 5.48 Å². The Hall–Kier alpha value is -1.88. The summed E-state index contributed by atoms with van der Waals surface area (Å²) in [6, 6.07) is 3.17. The zero-order valence-electron chi connectivity index (χ0n) is 9.04. The Morgan fingerprint density at radius 2 is 2.17 bits per heavy atom. The van der Waals surface area contributed by atoms with Crippen LogP contribution in [0.3, 0.4) is 0 Å². The Bertz CT molecular complexity index is 497. The standard InChI is InChI=1S/C10H7F3N2O2S/c1-6(16)17-15-7-2-3-9(18-5-14)8(4-7)10(11,12)13/h2-4,15H,1H3. The summed E-state index contributed by atoms with van der Waals surface area (Å²) in [7, 11) is 0. The van der Waals surface area contributed by atoms with E-state index in [9.17, 15) is 18.0 Å². The number of halogens is 3. The molecule has 1 rings (SSSR count). The van der Waals surface area contributed by atoms with Gasteiger partial charge in [-0.3, -0.25) is 4.79 Å². The van der Waals surface area contributed by atoms with Crippen molar-refractivity contribution in [2.75, 3.05) is 5.48 Å². The first-order chi connectivity index (χ1) is 8.34. The van der Waals surface area contributed by atoms with Crippen molar-refractivity contribution in [3.05, 3.63) is 23.8 Å². The van der Waals surface area contributed by atoms with Crippen molar-refractivity contribution in [1.29, 1.82) is 5.26 Å². The molecule has 1 N–H and O–H groups in total. The minimum Gasteiger partial charge on any atom is -0.344 e. The van der Waals surface area contributed by atoms with Gasteiger partial charge in [-0.15, -0.1) is 0 Å². The topological polar surface area (TPSA) is 62.1 Å². The molecule has 0 radical (unpaired) electrons. The van der Waals surface area contributed by atoms with Crippen molar-refractivity contribution in [2.24, 2.45) is 0 Å². The fraction of sp³-hybridized carbons (Fsp3) is 0.200. The van der Waals surface area contributed by atoms with E-state index in [1.54, 1.807) is 5.40 Å². The highest BCUT2D eigenvalue weighted by atomic mass is 32.2. The minimum atomic E-state index is -4.59. The lowest BCUT2D eigenvalue weighted by Gasteiger charge is -2.12. The lowest BCUT2D eigenvalue weighted by molar-refractivity contribution is -0.139. The van der Waals surface area contributed by atoms with Gasteiger partial charge in [0.05, 0.1) is 11.3 Å². The number of carbonyl (C=O) groups excluding carboxylic acids is 1. The lowest BCUT2D eigenvalue weighted by atomic mass is 10.2. The van der Waals surface area contributed by atoms with Gasteiger partial charge in [0.25, 0.3) is 0 Å². The Morgan fingerprint density at radius 1 is 1.50 bits per heavy atom. The number of nitrogens with one attached hydrogen (secondary N) is 1. The maximum Gasteiger partial charge on any atom is 0.417 e. The molecule has 1 aromatic rings. The third-order valence-corrected chi connectivity index (χ3v) is 2.42. The molecule has 0 amide bonds. The van der Waals surface area contributed by atoms with Gasteiger partial charge in [0.2, 0.25) is 0 Å². The van der Waals surface area contributed by atoms with Crippen LogP contribution in [0.25, 0.3) is 0 Å². The van der Waals surface area contributed by atoms with E-state index in [1.165, 1.54) is 6.07 Å². The average molecular weight is 276 g/mol. The summed E-state index contributed by atoms with van der Waals surface area (Å²) < 4.78 is 38.1. The highest BCUT2D eigenvalue weighted by Gasteiger charge is 2.34. The summed E-state index contributed by atoms with van der Waals surface area (Å²) in [5.41, 5.74) is 1.09. The molecule has 0 bridgehead atoms. The number of thiocyanates is 1. The molecule has 4 nitrogen and oxygen atoms in total. The Morgan fingerprint density at radius 3 is 2.67 bits per heavy atom. The molecular formula is C10H7F3N2O2S. The van der Waals surface area contributed by atoms with E-state index in [0.717, 1.165) is 19.1 Å². The molecule has 8 heteroatoms. The fourth-order valence-electron chi connectivity index (χ4n) is 1.08. The number of hydrogen-bond donors (Lipinski definition) is 1.